The fourth-order valence-electron chi connectivity index (χ4n) is 5.62. The molecule has 2 fully saturated rings. The number of pyridine rings is 1. The minimum Gasteiger partial charge on any atom is -0.450 e. The Hall–Kier alpha value is -4.23. The Morgan fingerprint density at radius 3 is 2.57 bits per heavy atom. The number of aromatic amines is 1. The Bertz CT molecular complexity index is 1560. The highest BCUT2D eigenvalue weighted by Crippen LogP contribution is 2.52. The zero-order valence-electron chi connectivity index (χ0n) is 24.2. The molecule has 2 unspecified atom stereocenters. The Morgan fingerprint density at radius 1 is 1.17 bits per heavy atom. The van der Waals surface area contributed by atoms with Crippen LogP contribution in [0.2, 0.25) is 5.02 Å². The molecule has 0 spiro atoms. The van der Waals surface area contributed by atoms with Crippen molar-refractivity contribution in [2.24, 2.45) is 5.41 Å². The highest BCUT2D eigenvalue weighted by Gasteiger charge is 2.52. The summed E-state index contributed by atoms with van der Waals surface area (Å²) < 4.78 is 5.68. The lowest BCUT2D eigenvalue weighted by molar-refractivity contribution is -0.136. The molecule has 2 N–H and O–H groups in total. The molecule has 1 aromatic carbocycles. The molecule has 2 atom stereocenters. The quantitative estimate of drug-likeness (QED) is 0.375. The number of hydrogen-bond acceptors (Lipinski definition) is 7. The molecular weight excluding hydrogens is 556 g/mol. The number of benzene rings is 1. The predicted molar refractivity (Wildman–Crippen MR) is 158 cm³/mol. The summed E-state index contributed by atoms with van der Waals surface area (Å²) in [6.07, 6.45) is 3.91. The summed E-state index contributed by atoms with van der Waals surface area (Å²) in [7, 11) is 0. The van der Waals surface area contributed by atoms with E-state index >= 15 is 0 Å². The van der Waals surface area contributed by atoms with Crippen molar-refractivity contribution in [1.29, 1.82) is 5.26 Å². The fourth-order valence-corrected chi connectivity index (χ4v) is 5.81. The summed E-state index contributed by atoms with van der Waals surface area (Å²) in [5, 5.41) is 19.5. The number of nitrogens with one attached hydrogen (secondary N) is 2. The largest absolute Gasteiger partial charge is 0.450 e. The molecule has 2 aromatic heterocycles. The van der Waals surface area contributed by atoms with Crippen molar-refractivity contribution in [1.82, 2.24) is 25.4 Å². The number of carbonyl (C=O) groups excluding carboxylic acids is 2. The summed E-state index contributed by atoms with van der Waals surface area (Å²) in [6.45, 7) is 7.14. The van der Waals surface area contributed by atoms with Crippen molar-refractivity contribution in [3.63, 3.8) is 0 Å². The molecule has 0 radical (unpaired) electrons. The van der Waals surface area contributed by atoms with Gasteiger partial charge in [0.25, 0.3) is 5.91 Å². The first kappa shape index (κ1) is 30.7. The van der Waals surface area contributed by atoms with Gasteiger partial charge in [-0.25, -0.2) is 10.1 Å². The van der Waals surface area contributed by atoms with E-state index in [1.54, 1.807) is 30.9 Å². The average molecular weight is 591 g/mol. The van der Waals surface area contributed by atoms with Crippen LogP contribution in [0.1, 0.15) is 79.4 Å². The number of rotatable bonds is 7. The smallest absolute Gasteiger partial charge is 0.307 e. The van der Waals surface area contributed by atoms with Crippen LogP contribution in [0.4, 0.5) is 0 Å². The van der Waals surface area contributed by atoms with Gasteiger partial charge in [0.1, 0.15) is 11.4 Å². The minimum absolute atomic E-state index is 0.0660. The third kappa shape index (κ3) is 6.31. The van der Waals surface area contributed by atoms with Crippen LogP contribution in [-0.2, 0) is 4.79 Å². The first-order chi connectivity index (χ1) is 20.2. The van der Waals surface area contributed by atoms with Gasteiger partial charge >= 0.3 is 5.56 Å². The molecule has 1 saturated carbocycles. The normalized spacial score (nSPS) is 18.6. The van der Waals surface area contributed by atoms with Gasteiger partial charge in [-0.1, -0.05) is 44.0 Å². The third-order valence-electron chi connectivity index (χ3n) is 7.80. The van der Waals surface area contributed by atoms with Crippen molar-refractivity contribution in [2.75, 3.05) is 6.54 Å². The molecule has 1 aliphatic carbocycles. The SMILES string of the molecule is CC.Cc1cc(Oc2ccc(C(=O)NCC(=O)N3C(c4cccc(Cl)c4)CCC3C3(C#N)CCC3)nc2C)c(=O)[nH]n1. The molecule has 5 rings (SSSR count). The number of amides is 2. The van der Waals surface area contributed by atoms with Gasteiger partial charge in [0.05, 0.1) is 41.5 Å². The number of aryl methyl sites for hydroxylation is 2. The molecule has 0 bridgehead atoms. The van der Waals surface area contributed by atoms with Crippen LogP contribution in [0, 0.1) is 30.6 Å². The molecular formula is C31H35ClN6O4. The molecule has 2 amide bonds. The monoisotopic (exact) mass is 590 g/mol. The zero-order valence-corrected chi connectivity index (χ0v) is 25.0. The molecule has 2 aliphatic rings. The molecule has 11 heteroatoms. The highest BCUT2D eigenvalue weighted by molar-refractivity contribution is 6.30. The van der Waals surface area contributed by atoms with Crippen LogP contribution < -0.4 is 15.6 Å². The van der Waals surface area contributed by atoms with Crippen molar-refractivity contribution < 1.29 is 14.3 Å². The Kier molecular flexibility index (Phi) is 9.63. The third-order valence-corrected chi connectivity index (χ3v) is 8.04. The maximum absolute atomic E-state index is 13.6. The van der Waals surface area contributed by atoms with E-state index in [1.165, 1.54) is 12.1 Å². The maximum Gasteiger partial charge on any atom is 0.307 e. The number of nitrogens with zero attached hydrogens (tertiary/aromatic N) is 4. The van der Waals surface area contributed by atoms with Gasteiger partial charge in [-0.2, -0.15) is 10.4 Å². The molecule has 1 saturated heterocycles. The summed E-state index contributed by atoms with van der Waals surface area (Å²) in [4.78, 5) is 44.7. The summed E-state index contributed by atoms with van der Waals surface area (Å²) >= 11 is 6.25. The Labute approximate surface area is 250 Å². The second-order valence-corrected chi connectivity index (χ2v) is 10.8. The van der Waals surface area contributed by atoms with Gasteiger partial charge < -0.3 is 15.0 Å². The van der Waals surface area contributed by atoms with E-state index in [0.29, 0.717) is 28.6 Å². The molecule has 3 aromatic rings. The van der Waals surface area contributed by atoms with E-state index < -0.39 is 16.9 Å². The Balaban J connectivity index is 0.00000198. The lowest BCUT2D eigenvalue weighted by Gasteiger charge is -2.45. The molecule has 42 heavy (non-hydrogen) atoms. The van der Waals surface area contributed by atoms with Crippen molar-refractivity contribution in [3.05, 3.63) is 80.5 Å². The van der Waals surface area contributed by atoms with Gasteiger partial charge in [0.2, 0.25) is 5.91 Å². The first-order valence-corrected chi connectivity index (χ1v) is 14.6. The number of nitriles is 1. The van der Waals surface area contributed by atoms with Gasteiger partial charge in [-0.15, -0.1) is 0 Å². The molecule has 1 aliphatic heterocycles. The van der Waals surface area contributed by atoms with Crippen LogP contribution >= 0.6 is 11.6 Å². The number of halogens is 1. The average Bonchev–Trinajstić information content (AvgIpc) is 3.41. The topological polar surface area (TPSA) is 141 Å². The minimum atomic E-state index is -0.559. The van der Waals surface area contributed by atoms with Gasteiger partial charge in [0, 0.05) is 11.1 Å². The number of carbonyl (C=O) groups is 2. The summed E-state index contributed by atoms with van der Waals surface area (Å²) in [5.41, 5.74) is 0.955. The van der Waals surface area contributed by atoms with Gasteiger partial charge in [-0.3, -0.25) is 14.4 Å². The maximum atomic E-state index is 13.6. The lowest BCUT2D eigenvalue weighted by atomic mass is 9.64. The fraction of sp³-hybridized carbons (Fsp3) is 0.419. The van der Waals surface area contributed by atoms with E-state index in [-0.39, 0.29) is 36.0 Å². The van der Waals surface area contributed by atoms with E-state index in [2.05, 4.69) is 26.6 Å². The second-order valence-electron chi connectivity index (χ2n) is 10.4. The van der Waals surface area contributed by atoms with Gasteiger partial charge in [-0.05, 0) is 69.4 Å². The standard InChI is InChI=1S/C29H29ClN6O4.C2H6/c1-17-13-24(28(39)35-34-17)40-23-9-7-21(33-18(23)2)27(38)32-15-26(37)36-22(19-5-3-6-20(30)14-19)8-10-25(36)29(16-31)11-4-12-29;1-2/h3,5-7,9,13-14,22,25H,4,8,10-12,15H2,1-2H3,(H,32,38)(H,35,39);1-2H3. The molecule has 3 heterocycles. The molecule has 220 valence electrons. The number of hydrogen-bond donors (Lipinski definition) is 2. The number of likely N-dealkylation sites (tertiary alicyclic amines) is 1. The van der Waals surface area contributed by atoms with E-state index in [0.717, 1.165) is 31.2 Å². The van der Waals surface area contributed by atoms with Crippen LogP contribution in [0.3, 0.4) is 0 Å². The van der Waals surface area contributed by atoms with Crippen molar-refractivity contribution in [3.8, 4) is 17.6 Å². The highest BCUT2D eigenvalue weighted by atomic mass is 35.5. The van der Waals surface area contributed by atoms with Gasteiger partial charge in [0.15, 0.2) is 5.75 Å². The second kappa shape index (κ2) is 13.2. The van der Waals surface area contributed by atoms with E-state index in [4.69, 9.17) is 16.3 Å². The lowest BCUT2D eigenvalue weighted by Crippen LogP contribution is -2.52. The number of H-pyrrole nitrogens is 1. The zero-order chi connectivity index (χ0) is 30.4. The summed E-state index contributed by atoms with van der Waals surface area (Å²) in [5.74, 6) is -0.396. The summed E-state index contributed by atoms with van der Waals surface area (Å²) in [6, 6.07) is 14.0. The molecule has 10 nitrogen and oxygen atoms in total. The van der Waals surface area contributed by atoms with E-state index in [1.807, 2.05) is 32.0 Å². The number of ether oxygens (including phenoxy) is 1. The van der Waals surface area contributed by atoms with Crippen molar-refractivity contribution >= 4 is 23.4 Å². The predicted octanol–water partition coefficient (Wildman–Crippen LogP) is 5.41. The van der Waals surface area contributed by atoms with Crippen LogP contribution in [0.15, 0.2) is 47.3 Å². The Morgan fingerprint density at radius 2 is 1.93 bits per heavy atom. The van der Waals surface area contributed by atoms with E-state index in [9.17, 15) is 19.6 Å². The van der Waals surface area contributed by atoms with Crippen LogP contribution in [0.5, 0.6) is 11.5 Å². The number of aromatic nitrogens is 3. The van der Waals surface area contributed by atoms with Crippen LogP contribution in [0.25, 0.3) is 0 Å². The van der Waals surface area contributed by atoms with Crippen LogP contribution in [-0.4, -0.2) is 44.5 Å². The van der Waals surface area contributed by atoms with Crippen molar-refractivity contribution in [2.45, 2.75) is 71.9 Å². The first-order valence-electron chi connectivity index (χ1n) is 14.2.